The predicted molar refractivity (Wildman–Crippen MR) is 37.8 cm³/mol. The van der Waals surface area contributed by atoms with Crippen molar-refractivity contribution in [1.29, 1.82) is 0 Å². The molecule has 0 aliphatic carbocycles. The summed E-state index contributed by atoms with van der Waals surface area (Å²) in [6, 6.07) is 0. The molecule has 0 aliphatic heterocycles. The highest BCUT2D eigenvalue weighted by Gasteiger charge is 2.28. The molecule has 0 saturated heterocycles. The van der Waals surface area contributed by atoms with Crippen molar-refractivity contribution >= 4 is 0 Å². The molecule has 0 N–H and O–H groups in total. The van der Waals surface area contributed by atoms with E-state index in [0.717, 1.165) is 4.57 Å². The lowest BCUT2D eigenvalue weighted by molar-refractivity contribution is -0.140. The first kappa shape index (κ1) is 9.09. The van der Waals surface area contributed by atoms with Crippen LogP contribution in [0.1, 0.15) is 11.4 Å². The van der Waals surface area contributed by atoms with Crippen molar-refractivity contribution in [2.24, 2.45) is 0 Å². The van der Waals surface area contributed by atoms with E-state index in [-0.39, 0.29) is 0 Å². The Hall–Kier alpha value is -1.00. The molecule has 1 aromatic rings. The van der Waals surface area contributed by atoms with Gasteiger partial charge >= 0.3 is 6.18 Å². The van der Waals surface area contributed by atoms with Crippen LogP contribution in [0.3, 0.4) is 0 Å². The fourth-order valence-electron chi connectivity index (χ4n) is 0.897. The average Bonchev–Trinajstić information content (AvgIpc) is 2.16. The zero-order valence-electron chi connectivity index (χ0n) is 6.81. The quantitative estimate of drug-likeness (QED) is 0.643. The van der Waals surface area contributed by atoms with Crippen LogP contribution in [-0.2, 0) is 6.54 Å². The molecule has 0 aliphatic rings. The first-order valence-corrected chi connectivity index (χ1v) is 3.45. The Labute approximate surface area is 68.0 Å². The lowest BCUT2D eigenvalue weighted by atomic mass is 10.4. The van der Waals surface area contributed by atoms with Crippen molar-refractivity contribution in [3.63, 3.8) is 0 Å². The summed E-state index contributed by atoms with van der Waals surface area (Å²) in [5.74, 6) is 0. The molecule has 0 aromatic carbocycles. The van der Waals surface area contributed by atoms with Gasteiger partial charge in [0.25, 0.3) is 0 Å². The van der Waals surface area contributed by atoms with Crippen LogP contribution >= 0.6 is 0 Å². The van der Waals surface area contributed by atoms with E-state index < -0.39 is 12.7 Å². The van der Waals surface area contributed by atoms with Gasteiger partial charge in [0.1, 0.15) is 6.54 Å². The van der Waals surface area contributed by atoms with E-state index in [1.165, 1.54) is 6.33 Å². The number of imidazole rings is 1. The minimum absolute atomic E-state index is 0.562. The highest BCUT2D eigenvalue weighted by atomic mass is 19.4. The van der Waals surface area contributed by atoms with Gasteiger partial charge in [-0.2, -0.15) is 13.2 Å². The van der Waals surface area contributed by atoms with Gasteiger partial charge in [-0.3, -0.25) is 0 Å². The van der Waals surface area contributed by atoms with Crippen molar-refractivity contribution < 1.29 is 13.2 Å². The van der Waals surface area contributed by atoms with Crippen LogP contribution in [0.15, 0.2) is 6.33 Å². The molecule has 1 heterocycles. The molecule has 0 atom stereocenters. The maximum absolute atomic E-state index is 11.9. The lowest BCUT2D eigenvalue weighted by Crippen LogP contribution is -2.17. The number of aryl methyl sites for hydroxylation is 1. The van der Waals surface area contributed by atoms with Crippen molar-refractivity contribution in [3.05, 3.63) is 17.7 Å². The zero-order chi connectivity index (χ0) is 9.35. The van der Waals surface area contributed by atoms with Gasteiger partial charge < -0.3 is 4.57 Å². The van der Waals surface area contributed by atoms with Crippen LogP contribution in [0.2, 0.25) is 0 Å². The molecule has 0 unspecified atom stereocenters. The van der Waals surface area contributed by atoms with Gasteiger partial charge in [-0.05, 0) is 13.8 Å². The second-order valence-electron chi connectivity index (χ2n) is 2.66. The topological polar surface area (TPSA) is 17.8 Å². The molecule has 5 heteroatoms. The molecule has 1 aromatic heterocycles. The summed E-state index contributed by atoms with van der Waals surface area (Å²) < 4.78 is 36.7. The van der Waals surface area contributed by atoms with Crippen LogP contribution < -0.4 is 0 Å². The fraction of sp³-hybridized carbons (Fsp3) is 0.571. The van der Waals surface area contributed by atoms with Crippen molar-refractivity contribution in [2.75, 3.05) is 0 Å². The smallest absolute Gasteiger partial charge is 0.325 e. The molecular formula is C7H9F3N2. The summed E-state index contributed by atoms with van der Waals surface area (Å²) in [6.07, 6.45) is -2.96. The fourth-order valence-corrected chi connectivity index (χ4v) is 0.897. The molecular weight excluding hydrogens is 169 g/mol. The first-order valence-electron chi connectivity index (χ1n) is 3.45. The van der Waals surface area contributed by atoms with E-state index in [2.05, 4.69) is 4.98 Å². The third kappa shape index (κ3) is 1.99. The predicted octanol–water partition coefficient (Wildman–Crippen LogP) is 2.06. The molecule has 68 valence electrons. The number of nitrogens with zero attached hydrogens (tertiary/aromatic N) is 2. The molecule has 1 rings (SSSR count). The Morgan fingerprint density at radius 1 is 1.42 bits per heavy atom. The molecule has 12 heavy (non-hydrogen) atoms. The van der Waals surface area contributed by atoms with Crippen molar-refractivity contribution in [1.82, 2.24) is 9.55 Å². The van der Waals surface area contributed by atoms with E-state index in [1.807, 2.05) is 0 Å². The summed E-state index contributed by atoms with van der Waals surface area (Å²) in [7, 11) is 0. The maximum Gasteiger partial charge on any atom is 0.406 e. The van der Waals surface area contributed by atoms with E-state index in [9.17, 15) is 13.2 Å². The van der Waals surface area contributed by atoms with Crippen LogP contribution in [0.5, 0.6) is 0 Å². The van der Waals surface area contributed by atoms with Gasteiger partial charge in [0, 0.05) is 5.69 Å². The zero-order valence-corrected chi connectivity index (χ0v) is 6.81. The van der Waals surface area contributed by atoms with E-state index >= 15 is 0 Å². The number of hydrogen-bond donors (Lipinski definition) is 0. The van der Waals surface area contributed by atoms with Crippen LogP contribution in [0, 0.1) is 13.8 Å². The molecule has 0 amide bonds. The summed E-state index contributed by atoms with van der Waals surface area (Å²) in [6.45, 7) is 2.34. The summed E-state index contributed by atoms with van der Waals surface area (Å²) >= 11 is 0. The number of aromatic nitrogens is 2. The molecule has 0 radical (unpaired) electrons. The minimum atomic E-state index is -4.17. The minimum Gasteiger partial charge on any atom is -0.325 e. The first-order chi connectivity index (χ1) is 5.40. The molecule has 0 spiro atoms. The third-order valence-corrected chi connectivity index (χ3v) is 1.69. The van der Waals surface area contributed by atoms with Crippen LogP contribution in [0.25, 0.3) is 0 Å². The largest absolute Gasteiger partial charge is 0.406 e. The Balaban J connectivity index is 2.83. The second kappa shape index (κ2) is 2.80. The van der Waals surface area contributed by atoms with Gasteiger partial charge in [-0.1, -0.05) is 0 Å². The maximum atomic E-state index is 11.9. The number of halogens is 3. The van der Waals surface area contributed by atoms with Gasteiger partial charge in [0.15, 0.2) is 0 Å². The molecule has 0 bridgehead atoms. The van der Waals surface area contributed by atoms with E-state index in [0.29, 0.717) is 11.4 Å². The van der Waals surface area contributed by atoms with Gasteiger partial charge in [0.05, 0.1) is 12.0 Å². The SMILES string of the molecule is Cc1ncn(CC(F)(F)F)c1C. The third-order valence-electron chi connectivity index (χ3n) is 1.69. The van der Waals surface area contributed by atoms with Gasteiger partial charge in [-0.15, -0.1) is 0 Å². The monoisotopic (exact) mass is 178 g/mol. The Morgan fingerprint density at radius 2 is 2.00 bits per heavy atom. The summed E-state index contributed by atoms with van der Waals surface area (Å²) in [5, 5.41) is 0. The normalized spacial score (nSPS) is 12.1. The van der Waals surface area contributed by atoms with E-state index in [4.69, 9.17) is 0 Å². The molecule has 2 nitrogen and oxygen atoms in total. The molecule has 0 saturated carbocycles. The van der Waals surface area contributed by atoms with Gasteiger partial charge in [-0.25, -0.2) is 4.98 Å². The second-order valence-corrected chi connectivity index (χ2v) is 2.66. The summed E-state index contributed by atoms with van der Waals surface area (Å²) in [4.78, 5) is 3.76. The van der Waals surface area contributed by atoms with Gasteiger partial charge in [0.2, 0.25) is 0 Å². The Morgan fingerprint density at radius 3 is 2.33 bits per heavy atom. The lowest BCUT2D eigenvalue weighted by Gasteiger charge is -2.08. The van der Waals surface area contributed by atoms with Crippen molar-refractivity contribution in [2.45, 2.75) is 26.6 Å². The van der Waals surface area contributed by atoms with E-state index in [1.54, 1.807) is 13.8 Å². The highest BCUT2D eigenvalue weighted by Crippen LogP contribution is 2.18. The molecule has 0 fully saturated rings. The number of rotatable bonds is 1. The van der Waals surface area contributed by atoms with Crippen LogP contribution in [-0.4, -0.2) is 15.7 Å². The number of alkyl halides is 3. The highest BCUT2D eigenvalue weighted by molar-refractivity contribution is 5.08. The number of hydrogen-bond acceptors (Lipinski definition) is 1. The average molecular weight is 178 g/mol. The van der Waals surface area contributed by atoms with Crippen molar-refractivity contribution in [3.8, 4) is 0 Å². The standard InChI is InChI=1S/C7H9F3N2/c1-5-6(2)12(4-11-5)3-7(8,9)10/h4H,3H2,1-2H3. The Kier molecular flexibility index (Phi) is 2.12. The summed E-state index contributed by atoms with van der Waals surface area (Å²) in [5.41, 5.74) is 1.20. The Bertz CT molecular complexity index is 275. The van der Waals surface area contributed by atoms with Crippen LogP contribution in [0.4, 0.5) is 13.2 Å².